The highest BCUT2D eigenvalue weighted by atomic mass is 32.2. The zero-order valence-electron chi connectivity index (χ0n) is 18.7. The molecule has 0 aliphatic carbocycles. The van der Waals surface area contributed by atoms with Gasteiger partial charge in [-0.3, -0.25) is 9.52 Å². The van der Waals surface area contributed by atoms with Gasteiger partial charge < -0.3 is 10.1 Å². The molecule has 168 valence electrons. The summed E-state index contributed by atoms with van der Waals surface area (Å²) in [5.41, 5.74) is 4.63. The van der Waals surface area contributed by atoms with E-state index in [9.17, 15) is 13.2 Å². The van der Waals surface area contributed by atoms with Crippen molar-refractivity contribution >= 4 is 21.6 Å². The van der Waals surface area contributed by atoms with E-state index in [-0.39, 0.29) is 10.8 Å². The van der Waals surface area contributed by atoms with E-state index in [2.05, 4.69) is 10.0 Å². The number of ether oxygens (including phenoxy) is 1. The monoisotopic (exact) mass is 452 g/mol. The summed E-state index contributed by atoms with van der Waals surface area (Å²) in [6, 6.07) is 17.4. The molecule has 0 atom stereocenters. The second-order valence-electron chi connectivity index (χ2n) is 7.75. The van der Waals surface area contributed by atoms with Crippen molar-refractivity contribution in [1.29, 1.82) is 0 Å². The number of amides is 1. The van der Waals surface area contributed by atoms with Crippen LogP contribution in [0, 0.1) is 27.7 Å². The van der Waals surface area contributed by atoms with Crippen LogP contribution in [-0.2, 0) is 10.0 Å². The lowest BCUT2D eigenvalue weighted by Crippen LogP contribution is -2.29. The van der Waals surface area contributed by atoms with E-state index in [0.29, 0.717) is 30.0 Å². The van der Waals surface area contributed by atoms with Gasteiger partial charge >= 0.3 is 0 Å². The van der Waals surface area contributed by atoms with Crippen molar-refractivity contribution in [3.05, 3.63) is 88.5 Å². The molecule has 1 amide bonds. The van der Waals surface area contributed by atoms with Crippen molar-refractivity contribution in [2.45, 2.75) is 32.6 Å². The predicted octanol–water partition coefficient (Wildman–Crippen LogP) is 4.53. The molecule has 7 heteroatoms. The standard InChI is InChI=1S/C25H28N2O4S/c1-17-8-12-22(13-9-17)32(29,30)27-24-7-5-6-23(20(24)4)25(28)26-14-15-31-21-11-10-18(2)19(3)16-21/h5-13,16,27H,14-15H2,1-4H3,(H,26,28). The molecule has 0 radical (unpaired) electrons. The maximum Gasteiger partial charge on any atom is 0.261 e. The molecule has 2 N–H and O–H groups in total. The highest BCUT2D eigenvalue weighted by Gasteiger charge is 2.18. The van der Waals surface area contributed by atoms with Crippen molar-refractivity contribution in [1.82, 2.24) is 5.32 Å². The van der Waals surface area contributed by atoms with Crippen LogP contribution < -0.4 is 14.8 Å². The van der Waals surface area contributed by atoms with E-state index < -0.39 is 10.0 Å². The Hall–Kier alpha value is -3.32. The van der Waals surface area contributed by atoms with Crippen LogP contribution in [0.25, 0.3) is 0 Å². The molecule has 3 aromatic rings. The molecule has 3 aromatic carbocycles. The molecular formula is C25H28N2O4S. The number of hydrogen-bond acceptors (Lipinski definition) is 4. The van der Waals surface area contributed by atoms with Crippen LogP contribution in [0.2, 0.25) is 0 Å². The predicted molar refractivity (Wildman–Crippen MR) is 127 cm³/mol. The molecule has 0 fully saturated rings. The van der Waals surface area contributed by atoms with Crippen LogP contribution in [0.5, 0.6) is 5.75 Å². The quantitative estimate of drug-likeness (QED) is 0.492. The van der Waals surface area contributed by atoms with Crippen molar-refractivity contribution in [2.75, 3.05) is 17.9 Å². The number of carbonyl (C=O) groups excluding carboxylic acids is 1. The number of benzene rings is 3. The molecule has 3 rings (SSSR count). The molecular weight excluding hydrogens is 424 g/mol. The number of nitrogens with one attached hydrogen (secondary N) is 2. The lowest BCUT2D eigenvalue weighted by Gasteiger charge is -2.14. The lowest BCUT2D eigenvalue weighted by atomic mass is 10.1. The van der Waals surface area contributed by atoms with Gasteiger partial charge in [0.15, 0.2) is 0 Å². The normalized spacial score (nSPS) is 11.1. The molecule has 0 bridgehead atoms. The van der Waals surface area contributed by atoms with Gasteiger partial charge in [-0.2, -0.15) is 0 Å². The Morgan fingerprint density at radius 1 is 0.906 bits per heavy atom. The van der Waals surface area contributed by atoms with E-state index in [1.807, 2.05) is 39.0 Å². The van der Waals surface area contributed by atoms with Crippen molar-refractivity contribution in [3.8, 4) is 5.75 Å². The average Bonchev–Trinajstić information content (AvgIpc) is 2.75. The van der Waals surface area contributed by atoms with Crippen molar-refractivity contribution < 1.29 is 17.9 Å². The largest absolute Gasteiger partial charge is 0.492 e. The average molecular weight is 453 g/mol. The number of hydrogen-bond donors (Lipinski definition) is 2. The fourth-order valence-electron chi connectivity index (χ4n) is 3.15. The SMILES string of the molecule is Cc1ccc(S(=O)(=O)Nc2cccc(C(=O)NCCOc3ccc(C)c(C)c3)c2C)cc1. The Balaban J connectivity index is 1.63. The Morgan fingerprint density at radius 3 is 2.31 bits per heavy atom. The summed E-state index contributed by atoms with van der Waals surface area (Å²) >= 11 is 0. The van der Waals surface area contributed by atoms with Gasteiger partial charge in [0.25, 0.3) is 15.9 Å². The maximum atomic E-state index is 12.7. The zero-order chi connectivity index (χ0) is 23.3. The third kappa shape index (κ3) is 5.68. The summed E-state index contributed by atoms with van der Waals surface area (Å²) in [5.74, 6) is 0.466. The minimum absolute atomic E-state index is 0.167. The molecule has 0 spiro atoms. The van der Waals surface area contributed by atoms with Crippen LogP contribution in [0.15, 0.2) is 65.6 Å². The Labute approximate surface area is 189 Å². The molecule has 0 aliphatic rings. The Bertz CT molecular complexity index is 1220. The second-order valence-corrected chi connectivity index (χ2v) is 9.43. The molecule has 0 unspecified atom stereocenters. The summed E-state index contributed by atoms with van der Waals surface area (Å²) in [7, 11) is -3.75. The Morgan fingerprint density at radius 2 is 1.62 bits per heavy atom. The topological polar surface area (TPSA) is 84.5 Å². The van der Waals surface area contributed by atoms with E-state index in [1.165, 1.54) is 5.56 Å². The minimum atomic E-state index is -3.75. The summed E-state index contributed by atoms with van der Waals surface area (Å²) < 4.78 is 33.7. The van der Waals surface area contributed by atoms with Crippen molar-refractivity contribution in [3.63, 3.8) is 0 Å². The highest BCUT2D eigenvalue weighted by Crippen LogP contribution is 2.23. The van der Waals surface area contributed by atoms with Crippen LogP contribution in [0.4, 0.5) is 5.69 Å². The first-order chi connectivity index (χ1) is 15.2. The smallest absolute Gasteiger partial charge is 0.261 e. The second kappa shape index (κ2) is 9.87. The highest BCUT2D eigenvalue weighted by molar-refractivity contribution is 7.92. The lowest BCUT2D eigenvalue weighted by molar-refractivity contribution is 0.0946. The first-order valence-corrected chi connectivity index (χ1v) is 11.8. The van der Waals surface area contributed by atoms with Gasteiger partial charge in [-0.05, 0) is 80.8 Å². The fourth-order valence-corrected chi connectivity index (χ4v) is 4.27. The third-order valence-corrected chi connectivity index (χ3v) is 6.67. The molecule has 0 heterocycles. The molecule has 0 aliphatic heterocycles. The van der Waals surface area contributed by atoms with E-state index in [0.717, 1.165) is 16.9 Å². The summed E-state index contributed by atoms with van der Waals surface area (Å²) in [4.78, 5) is 12.8. The first kappa shape index (κ1) is 23.3. The fraction of sp³-hybridized carbons (Fsp3) is 0.240. The van der Waals surface area contributed by atoms with E-state index >= 15 is 0 Å². The Kier molecular flexibility index (Phi) is 7.20. The van der Waals surface area contributed by atoms with E-state index in [1.54, 1.807) is 49.4 Å². The molecule has 6 nitrogen and oxygen atoms in total. The summed E-state index contributed by atoms with van der Waals surface area (Å²) in [6.45, 7) is 8.32. The van der Waals surface area contributed by atoms with Gasteiger partial charge in [-0.1, -0.05) is 29.8 Å². The van der Waals surface area contributed by atoms with Crippen LogP contribution in [0.1, 0.15) is 32.6 Å². The van der Waals surface area contributed by atoms with Gasteiger partial charge in [0.2, 0.25) is 0 Å². The molecule has 0 aromatic heterocycles. The maximum absolute atomic E-state index is 12.7. The van der Waals surface area contributed by atoms with Crippen LogP contribution in [0.3, 0.4) is 0 Å². The van der Waals surface area contributed by atoms with Crippen LogP contribution >= 0.6 is 0 Å². The van der Waals surface area contributed by atoms with Gasteiger partial charge in [0.05, 0.1) is 17.1 Å². The number of rotatable bonds is 8. The number of carbonyl (C=O) groups is 1. The third-order valence-electron chi connectivity index (χ3n) is 5.29. The first-order valence-electron chi connectivity index (χ1n) is 10.3. The van der Waals surface area contributed by atoms with Crippen molar-refractivity contribution in [2.24, 2.45) is 0 Å². The molecule has 0 saturated carbocycles. The van der Waals surface area contributed by atoms with Gasteiger partial charge in [0, 0.05) is 5.56 Å². The molecule has 32 heavy (non-hydrogen) atoms. The number of aryl methyl sites for hydroxylation is 3. The zero-order valence-corrected chi connectivity index (χ0v) is 19.5. The van der Waals surface area contributed by atoms with Crippen LogP contribution in [-0.4, -0.2) is 27.5 Å². The van der Waals surface area contributed by atoms with Gasteiger partial charge in [-0.25, -0.2) is 8.42 Å². The van der Waals surface area contributed by atoms with Gasteiger partial charge in [-0.15, -0.1) is 0 Å². The molecule has 0 saturated heterocycles. The summed E-state index contributed by atoms with van der Waals surface area (Å²) in [5, 5.41) is 2.82. The number of sulfonamides is 1. The summed E-state index contributed by atoms with van der Waals surface area (Å²) in [6.07, 6.45) is 0. The minimum Gasteiger partial charge on any atom is -0.492 e. The van der Waals surface area contributed by atoms with Gasteiger partial charge in [0.1, 0.15) is 12.4 Å². The number of anilines is 1. The van der Waals surface area contributed by atoms with E-state index in [4.69, 9.17) is 4.74 Å².